The van der Waals surface area contributed by atoms with Crippen LogP contribution in [0, 0.1) is 6.92 Å². The zero-order valence-corrected chi connectivity index (χ0v) is 16.6. The summed E-state index contributed by atoms with van der Waals surface area (Å²) in [5.41, 5.74) is 4.79. The first-order valence-corrected chi connectivity index (χ1v) is 9.46. The second kappa shape index (κ2) is 7.75. The molecule has 4 aromatic rings. The summed E-state index contributed by atoms with van der Waals surface area (Å²) in [6.45, 7) is 4.60. The second-order valence-corrected chi connectivity index (χ2v) is 6.93. The van der Waals surface area contributed by atoms with Crippen LogP contribution in [0.25, 0.3) is 33.5 Å². The zero-order chi connectivity index (χ0) is 20.4. The number of nitrogens with zero attached hydrogens (tertiary/aromatic N) is 5. The molecule has 3 aromatic heterocycles. The quantitative estimate of drug-likeness (QED) is 0.529. The molecule has 1 amide bonds. The van der Waals surface area contributed by atoms with E-state index in [-0.39, 0.29) is 5.91 Å². The van der Waals surface area contributed by atoms with Gasteiger partial charge in [-0.2, -0.15) is 0 Å². The normalized spacial score (nSPS) is 10.9. The van der Waals surface area contributed by atoms with Gasteiger partial charge in [0, 0.05) is 54.9 Å². The molecule has 0 spiro atoms. The van der Waals surface area contributed by atoms with Crippen LogP contribution in [-0.2, 0) is 0 Å². The smallest absolute Gasteiger partial charge is 0.254 e. The molecule has 6 heteroatoms. The topological polar surface area (TPSA) is 71.9 Å². The Hall–Kier alpha value is -3.67. The van der Waals surface area contributed by atoms with Crippen LogP contribution >= 0.6 is 0 Å². The lowest BCUT2D eigenvalue weighted by Gasteiger charge is -2.17. The molecule has 0 bridgehead atoms. The Morgan fingerprint density at radius 1 is 1.03 bits per heavy atom. The first kappa shape index (κ1) is 18.7. The van der Waals surface area contributed by atoms with E-state index >= 15 is 0 Å². The minimum absolute atomic E-state index is 0.0297. The molecule has 0 N–H and O–H groups in total. The second-order valence-electron chi connectivity index (χ2n) is 6.93. The highest BCUT2D eigenvalue weighted by atomic mass is 16.2. The van der Waals surface area contributed by atoms with Crippen LogP contribution in [0.3, 0.4) is 0 Å². The molecule has 3 heterocycles. The van der Waals surface area contributed by atoms with Crippen molar-refractivity contribution in [2.75, 3.05) is 13.6 Å². The average molecular weight is 383 g/mol. The van der Waals surface area contributed by atoms with Crippen molar-refractivity contribution in [3.63, 3.8) is 0 Å². The Bertz CT molecular complexity index is 1170. The van der Waals surface area contributed by atoms with Gasteiger partial charge in [-0.1, -0.05) is 12.1 Å². The van der Waals surface area contributed by atoms with Crippen molar-refractivity contribution in [1.29, 1.82) is 0 Å². The van der Waals surface area contributed by atoms with Gasteiger partial charge in [0.2, 0.25) is 0 Å². The maximum Gasteiger partial charge on any atom is 0.254 e. The van der Waals surface area contributed by atoms with Crippen molar-refractivity contribution < 1.29 is 4.79 Å². The summed E-state index contributed by atoms with van der Waals surface area (Å²) in [7, 11) is 1.80. The average Bonchev–Trinajstić information content (AvgIpc) is 2.77. The van der Waals surface area contributed by atoms with Crippen molar-refractivity contribution in [3.8, 4) is 22.6 Å². The van der Waals surface area contributed by atoms with Gasteiger partial charge in [0.25, 0.3) is 5.91 Å². The lowest BCUT2D eigenvalue weighted by molar-refractivity contribution is 0.0804. The van der Waals surface area contributed by atoms with E-state index in [0.717, 1.165) is 27.6 Å². The van der Waals surface area contributed by atoms with E-state index in [1.807, 2.05) is 50.2 Å². The molecule has 0 saturated heterocycles. The Morgan fingerprint density at radius 2 is 1.83 bits per heavy atom. The van der Waals surface area contributed by atoms with Crippen molar-refractivity contribution in [2.24, 2.45) is 0 Å². The molecule has 0 aliphatic rings. The summed E-state index contributed by atoms with van der Waals surface area (Å²) in [6.07, 6.45) is 6.91. The number of aryl methyl sites for hydroxylation is 1. The maximum absolute atomic E-state index is 13.0. The molecule has 0 radical (unpaired) electrons. The fourth-order valence-corrected chi connectivity index (χ4v) is 3.12. The molecule has 6 nitrogen and oxygen atoms in total. The summed E-state index contributed by atoms with van der Waals surface area (Å²) in [5, 5.41) is 0.845. The van der Waals surface area contributed by atoms with Gasteiger partial charge in [-0.05, 0) is 43.7 Å². The number of amides is 1. The fraction of sp³-hybridized carbons (Fsp3) is 0.174. The number of aromatic nitrogens is 4. The first-order chi connectivity index (χ1) is 14.1. The monoisotopic (exact) mass is 383 g/mol. The van der Waals surface area contributed by atoms with Crippen molar-refractivity contribution >= 4 is 16.8 Å². The van der Waals surface area contributed by atoms with Crippen LogP contribution in [0.5, 0.6) is 0 Å². The van der Waals surface area contributed by atoms with Crippen LogP contribution < -0.4 is 0 Å². The molecular formula is C23H21N5O. The van der Waals surface area contributed by atoms with Gasteiger partial charge in [-0.15, -0.1) is 0 Å². The molecule has 144 valence electrons. The van der Waals surface area contributed by atoms with Gasteiger partial charge in [0.05, 0.1) is 16.8 Å². The number of hydrogen-bond acceptors (Lipinski definition) is 5. The van der Waals surface area contributed by atoms with Gasteiger partial charge < -0.3 is 4.90 Å². The summed E-state index contributed by atoms with van der Waals surface area (Å²) < 4.78 is 0. The molecule has 0 aliphatic carbocycles. The van der Waals surface area contributed by atoms with Gasteiger partial charge in [0.15, 0.2) is 5.82 Å². The number of rotatable bonds is 4. The molecule has 0 fully saturated rings. The predicted octanol–water partition coefficient (Wildman–Crippen LogP) is 4.15. The SMILES string of the molecule is CCN(C)C(=O)c1cc(-c2cnc(-c3cccnc3)nc2)nc2cc(C)ccc12. The Balaban J connectivity index is 1.82. The number of carbonyl (C=O) groups is 1. The van der Waals surface area contributed by atoms with Crippen LogP contribution in [0.1, 0.15) is 22.8 Å². The largest absolute Gasteiger partial charge is 0.342 e. The van der Waals surface area contributed by atoms with Crippen LogP contribution in [0.4, 0.5) is 0 Å². The van der Waals surface area contributed by atoms with E-state index in [0.29, 0.717) is 23.6 Å². The van der Waals surface area contributed by atoms with Crippen LogP contribution in [-0.4, -0.2) is 44.3 Å². The van der Waals surface area contributed by atoms with E-state index in [4.69, 9.17) is 4.98 Å². The first-order valence-electron chi connectivity index (χ1n) is 9.46. The highest BCUT2D eigenvalue weighted by molar-refractivity contribution is 6.07. The van der Waals surface area contributed by atoms with Gasteiger partial charge >= 0.3 is 0 Å². The molecule has 29 heavy (non-hydrogen) atoms. The third-order valence-electron chi connectivity index (χ3n) is 4.88. The molecule has 4 rings (SSSR count). The Labute approximate surface area is 169 Å². The zero-order valence-electron chi connectivity index (χ0n) is 16.6. The Kier molecular flexibility index (Phi) is 4.99. The predicted molar refractivity (Wildman–Crippen MR) is 113 cm³/mol. The molecule has 0 aliphatic heterocycles. The van der Waals surface area contributed by atoms with Crippen LogP contribution in [0.2, 0.25) is 0 Å². The summed E-state index contributed by atoms with van der Waals surface area (Å²) >= 11 is 0. The van der Waals surface area contributed by atoms with Gasteiger partial charge in [0.1, 0.15) is 0 Å². The van der Waals surface area contributed by atoms with E-state index in [2.05, 4.69) is 15.0 Å². The minimum atomic E-state index is -0.0297. The number of hydrogen-bond donors (Lipinski definition) is 0. The molecule has 0 unspecified atom stereocenters. The van der Waals surface area contributed by atoms with Crippen LogP contribution in [0.15, 0.2) is 61.2 Å². The number of pyridine rings is 2. The highest BCUT2D eigenvalue weighted by Crippen LogP contribution is 2.26. The molecule has 0 atom stereocenters. The summed E-state index contributed by atoms with van der Waals surface area (Å²) in [4.78, 5) is 32.5. The Morgan fingerprint density at radius 3 is 2.52 bits per heavy atom. The number of carbonyl (C=O) groups excluding carboxylic acids is 1. The molecule has 1 aromatic carbocycles. The van der Waals surface area contributed by atoms with Gasteiger partial charge in [-0.25, -0.2) is 15.0 Å². The van der Waals surface area contributed by atoms with Gasteiger partial charge in [-0.3, -0.25) is 9.78 Å². The number of fused-ring (bicyclic) bond motifs is 1. The van der Waals surface area contributed by atoms with Crippen molar-refractivity contribution in [2.45, 2.75) is 13.8 Å². The standard InChI is InChI=1S/C23H21N5O/c1-4-28(3)23(29)19-11-20(27-21-10-15(2)7-8-18(19)21)17-13-25-22(26-14-17)16-6-5-9-24-12-16/h5-14H,4H2,1-3H3. The van der Waals surface area contributed by atoms with Crippen molar-refractivity contribution in [3.05, 3.63) is 72.3 Å². The third kappa shape index (κ3) is 3.69. The summed E-state index contributed by atoms with van der Waals surface area (Å²) in [5.74, 6) is 0.568. The van der Waals surface area contributed by atoms with E-state index in [1.165, 1.54) is 0 Å². The van der Waals surface area contributed by atoms with E-state index < -0.39 is 0 Å². The fourth-order valence-electron chi connectivity index (χ4n) is 3.12. The van der Waals surface area contributed by atoms with Crippen molar-refractivity contribution in [1.82, 2.24) is 24.8 Å². The number of benzene rings is 1. The minimum Gasteiger partial charge on any atom is -0.342 e. The lowest BCUT2D eigenvalue weighted by atomic mass is 10.0. The van der Waals surface area contributed by atoms with E-state index in [9.17, 15) is 4.79 Å². The molecule has 0 saturated carbocycles. The maximum atomic E-state index is 13.0. The van der Waals surface area contributed by atoms with E-state index in [1.54, 1.807) is 36.7 Å². The highest BCUT2D eigenvalue weighted by Gasteiger charge is 2.17. The lowest BCUT2D eigenvalue weighted by Crippen LogP contribution is -2.26. The summed E-state index contributed by atoms with van der Waals surface area (Å²) in [6, 6.07) is 11.5. The molecular weight excluding hydrogens is 362 g/mol. The third-order valence-corrected chi connectivity index (χ3v) is 4.88.